The molecule has 0 aliphatic heterocycles. The van der Waals surface area contributed by atoms with Gasteiger partial charge in [-0.3, -0.25) is 96.8 Å². The van der Waals surface area contributed by atoms with Gasteiger partial charge in [0.1, 0.15) is 60.1 Å². The number of unbranched alkanes of at least 4 members (excludes halogenated alkanes) is 2. The number of hydrogen-bond donors (Lipinski definition) is 24. The second-order valence-electron chi connectivity index (χ2n) is 31.0. The first-order valence-electron chi connectivity index (χ1n) is 41.8. The monoisotopic (exact) mass is 1850 g/mol. The fourth-order valence-electron chi connectivity index (χ4n) is 13.6. The summed E-state index contributed by atoms with van der Waals surface area (Å²) >= 11 is 10.3. The van der Waals surface area contributed by atoms with Crippen molar-refractivity contribution in [3.05, 3.63) is 172 Å². The van der Waals surface area contributed by atoms with Crippen LogP contribution in [0.4, 0.5) is 0 Å². The second-order valence-corrected chi connectivity index (χ2v) is 31.8. The Labute approximate surface area is 759 Å². The van der Waals surface area contributed by atoms with Crippen LogP contribution < -0.4 is 81.2 Å². The third kappa shape index (κ3) is 38.3. The Morgan fingerprint density at radius 1 is 0.431 bits per heavy atom. The molecule has 0 spiro atoms. The number of hydrazine groups is 1. The predicted octanol–water partition coefficient (Wildman–Crippen LogP) is -3.81. The van der Waals surface area contributed by atoms with E-state index in [4.69, 9.17) is 28.8 Å². The van der Waals surface area contributed by atoms with Crippen LogP contribution in [0.2, 0.25) is 5.02 Å². The fourth-order valence-corrected chi connectivity index (χ4v) is 13.9. The van der Waals surface area contributed by atoms with E-state index < -0.39 is 207 Å². The highest BCUT2D eigenvalue weighted by Gasteiger charge is 2.38. The molecule has 42 nitrogen and oxygen atoms in total. The third-order valence-corrected chi connectivity index (χ3v) is 21.1. The number of aromatic nitrogens is 1. The maximum atomic E-state index is 15.5. The third-order valence-electron chi connectivity index (χ3n) is 20.5. The number of rotatable bonds is 60. The van der Waals surface area contributed by atoms with E-state index in [-0.39, 0.29) is 115 Å². The van der Waals surface area contributed by atoms with E-state index >= 15 is 19.2 Å². The number of para-hydroxylation sites is 1. The Morgan fingerprint density at radius 3 is 1.35 bits per heavy atom. The number of thiol groups is 1. The summed E-state index contributed by atoms with van der Waals surface area (Å²) in [6.07, 6.45) is -2.11. The van der Waals surface area contributed by atoms with Crippen LogP contribution in [0.15, 0.2) is 140 Å². The zero-order valence-electron chi connectivity index (χ0n) is 71.7. The van der Waals surface area contributed by atoms with E-state index in [0.29, 0.717) is 50.2 Å². The van der Waals surface area contributed by atoms with Crippen LogP contribution in [0.5, 0.6) is 5.75 Å². The van der Waals surface area contributed by atoms with E-state index in [1.165, 1.54) is 55.1 Å². The summed E-state index contributed by atoms with van der Waals surface area (Å²) in [6.45, 7) is -2.36. The molecular formula is C86H116ClN19O23S. The van der Waals surface area contributed by atoms with Gasteiger partial charge in [0.15, 0.2) is 0 Å². The minimum Gasteiger partial charge on any atom is -0.508 e. The van der Waals surface area contributed by atoms with Gasteiger partial charge in [-0.05, 0) is 123 Å². The molecule has 44 heteroatoms. The molecular weight excluding hydrogens is 1730 g/mol. The van der Waals surface area contributed by atoms with Gasteiger partial charge in [-0.15, -0.1) is 0 Å². The van der Waals surface area contributed by atoms with E-state index in [9.17, 15) is 93.3 Å². The topological polar surface area (TPSA) is 663 Å². The van der Waals surface area contributed by atoms with Crippen molar-refractivity contribution < 1.29 is 112 Å². The number of fused-ring (bicyclic) bond motifs is 1. The van der Waals surface area contributed by atoms with E-state index in [1.807, 2.05) is 0 Å². The highest BCUT2D eigenvalue weighted by molar-refractivity contribution is 7.80. The number of aliphatic carboxylic acids is 4. The number of aromatic hydroxyl groups is 1. The molecule has 706 valence electrons. The van der Waals surface area contributed by atoms with Crippen LogP contribution in [0.1, 0.15) is 80.2 Å². The molecule has 130 heavy (non-hydrogen) atoms. The Balaban J connectivity index is 1.25. The number of amides is 12. The summed E-state index contributed by atoms with van der Waals surface area (Å²) in [5.41, 5.74) is 25.2. The number of nitrogens with one attached hydrogen (secondary N) is 13. The van der Waals surface area contributed by atoms with Gasteiger partial charge in [0.2, 0.25) is 70.9 Å². The number of aliphatic hydroxyl groups is 2. The number of hydrogen-bond acceptors (Lipinski definition) is 26. The smallest absolute Gasteiger partial charge is 0.317 e. The molecule has 0 fully saturated rings. The van der Waals surface area contributed by atoms with Gasteiger partial charge < -0.3 is 111 Å². The van der Waals surface area contributed by atoms with Crippen molar-refractivity contribution in [1.82, 2.24) is 83.7 Å². The molecule has 0 saturated carbocycles. The van der Waals surface area contributed by atoms with Crippen LogP contribution in [0.25, 0.3) is 10.9 Å². The number of primary amides is 1. The largest absolute Gasteiger partial charge is 0.508 e. The minimum absolute atomic E-state index is 0.0323. The van der Waals surface area contributed by atoms with Crippen LogP contribution in [0.3, 0.4) is 0 Å². The first-order chi connectivity index (χ1) is 61.9. The molecule has 1 aromatic heterocycles. The van der Waals surface area contributed by atoms with Crippen molar-refractivity contribution in [2.45, 2.75) is 157 Å². The molecule has 6 rings (SSSR count). The summed E-state index contributed by atoms with van der Waals surface area (Å²) in [5.74, 6) is -16.7. The first-order valence-corrected chi connectivity index (χ1v) is 42.8. The predicted molar refractivity (Wildman–Crippen MR) is 477 cm³/mol. The maximum Gasteiger partial charge on any atom is 0.317 e. The number of carboxylic acids is 4. The quantitative estimate of drug-likeness (QED) is 0.00989. The van der Waals surface area contributed by atoms with Crippen LogP contribution in [-0.4, -0.2) is 307 Å². The average Bonchev–Trinajstić information content (AvgIpc) is 1.65. The SMILES string of the molecule is C[C@@H](O)[C@H](NC(=O)[C@H](Cc1ccccc1)NC(=O)[C@@H](NC(=O)[C@H](CCCCN)NC(=O)[C@@H](Cc1c[nH]c2ccccc12)NC(=O)[C@H](Cc1ccc(O)cc1)NC(=O)[C@H](Cc1ccc(Cl)cc1)NC(=O)[C@@H](Cc1ccccc1)NNC(=O)CN(CCN(CCN(CC(=O)O)CC(=O)O)CC(=O)O)CC(=O)O)[C@@H](C)O)C(=O)NCCCC[C@H](N)C(=O)NCC(=O)N[C@@H](CS)C(N)=O. The highest BCUT2D eigenvalue weighted by atomic mass is 35.5. The lowest BCUT2D eigenvalue weighted by Gasteiger charge is -2.29. The Kier molecular flexibility index (Phi) is 45.1. The Morgan fingerprint density at radius 2 is 0.846 bits per heavy atom. The number of carboxylic acid groups (broad SMARTS) is 4. The standard InChI is InChI=1S/C86H116ClN19O23S/c1-50(107)75(85(128)91-32-14-12-20-60(89)78(121)93-43-69(110)94-68(49-130)77(90)120)100-83(126)65(37-52-15-5-3-6-16-52)99-86(129)76(51(2)108)101-79(122)62(22-11-13-31-88)95-82(125)66(41-56-42-92-61-21-10-9-19-59(56)61)98-81(124)63(39-55-25-29-58(109)30-26-55)96-80(123)64(38-54-23-27-57(87)28-24-54)97-84(127)67(40-53-17-7-4-8-18-53)102-103-70(111)44-105(46-72(114)115)35-33-104(45-71(112)113)34-36-106(47-73(116)117)48-74(118)119/h3-10,15-19,21,23-30,42,50-51,60,62-68,75-76,92,102,107-109,130H,11-14,20,22,31-41,43-49,88-89H2,1-2H3,(H2,90,120)(H,91,128)(H,93,121)(H,94,110)(H,95,125)(H,96,123)(H,97,127)(H,98,124)(H,99,129)(H,100,126)(H,101,122)(H,103,111)(H,112,113)(H,114,115)(H,116,117)(H,118,119)/t50-,51-,60+,62+,63+,64+,65+,66-,67-,68+,75+,76+/m1/s1. The molecule has 0 aliphatic rings. The molecule has 12 atom stereocenters. The van der Waals surface area contributed by atoms with Gasteiger partial charge in [0.05, 0.1) is 57.5 Å². The van der Waals surface area contributed by atoms with Gasteiger partial charge >= 0.3 is 23.9 Å². The number of carbonyl (C=O) groups is 16. The molecule has 0 aliphatic carbocycles. The fraction of sp³-hybridized carbons (Fsp3) is 0.442. The number of nitrogens with two attached hydrogens (primary N) is 3. The summed E-state index contributed by atoms with van der Waals surface area (Å²) in [5, 5.41) is 97.8. The molecule has 0 bridgehead atoms. The molecule has 1 heterocycles. The van der Waals surface area contributed by atoms with Crippen LogP contribution >= 0.6 is 24.2 Å². The molecule has 5 aromatic carbocycles. The molecule has 0 unspecified atom stereocenters. The van der Waals surface area contributed by atoms with Crippen molar-refractivity contribution in [2.75, 3.05) is 84.3 Å². The van der Waals surface area contributed by atoms with Gasteiger partial charge in [-0.1, -0.05) is 115 Å². The number of phenols is 1. The van der Waals surface area contributed by atoms with E-state index in [0.717, 1.165) is 9.80 Å². The van der Waals surface area contributed by atoms with Crippen molar-refractivity contribution in [3.63, 3.8) is 0 Å². The lowest BCUT2D eigenvalue weighted by atomic mass is 9.99. The number of phenolic OH excluding ortho intramolecular Hbond substituents is 1. The molecule has 26 N–H and O–H groups in total. The normalized spacial score (nSPS) is 14.1. The number of carbonyl (C=O) groups excluding carboxylic acids is 12. The number of aliphatic hydroxyl groups excluding tert-OH is 2. The summed E-state index contributed by atoms with van der Waals surface area (Å²) in [4.78, 5) is 223. The first kappa shape index (κ1) is 106. The molecule has 0 radical (unpaired) electrons. The number of nitrogens with zero attached hydrogens (tertiary/aromatic N) is 3. The van der Waals surface area contributed by atoms with Crippen LogP contribution in [0, 0.1) is 0 Å². The van der Waals surface area contributed by atoms with E-state index in [1.54, 1.807) is 103 Å². The Hall–Kier alpha value is -12.7. The minimum atomic E-state index is -1.88. The lowest BCUT2D eigenvalue weighted by molar-refractivity contribution is -0.143. The van der Waals surface area contributed by atoms with Crippen molar-refractivity contribution in [3.8, 4) is 5.75 Å². The molecule has 6 aromatic rings. The highest BCUT2D eigenvalue weighted by Crippen LogP contribution is 2.22. The average molecular weight is 1850 g/mol. The summed E-state index contributed by atoms with van der Waals surface area (Å²) in [7, 11) is 0. The number of benzene rings is 5. The van der Waals surface area contributed by atoms with Crippen LogP contribution in [-0.2, 0) is 109 Å². The van der Waals surface area contributed by atoms with Crippen molar-refractivity contribution in [2.24, 2.45) is 17.2 Å². The van der Waals surface area contributed by atoms with Gasteiger partial charge in [0.25, 0.3) is 0 Å². The molecule has 0 saturated heterocycles. The number of aromatic amines is 1. The van der Waals surface area contributed by atoms with Crippen molar-refractivity contribution >= 4 is 130 Å². The summed E-state index contributed by atoms with van der Waals surface area (Å²) < 4.78 is 0. The van der Waals surface area contributed by atoms with Crippen molar-refractivity contribution in [1.29, 1.82) is 0 Å². The Bertz CT molecular complexity index is 4760. The van der Waals surface area contributed by atoms with Gasteiger partial charge in [-0.2, -0.15) is 12.6 Å². The number of H-pyrrole nitrogens is 1. The zero-order valence-corrected chi connectivity index (χ0v) is 73.4. The van der Waals surface area contributed by atoms with Gasteiger partial charge in [-0.25, -0.2) is 5.43 Å². The lowest BCUT2D eigenvalue weighted by Crippen LogP contribution is -2.62. The summed E-state index contributed by atoms with van der Waals surface area (Å²) in [6, 6.07) is 20.2. The van der Waals surface area contributed by atoms with Gasteiger partial charge in [0, 0.05) is 86.3 Å². The molecule has 12 amide bonds. The zero-order chi connectivity index (χ0) is 95.5. The van der Waals surface area contributed by atoms with E-state index in [2.05, 4.69) is 81.6 Å². The maximum absolute atomic E-state index is 15.5. The second kappa shape index (κ2) is 55.2. The number of halogens is 1.